The molecule has 0 radical (unpaired) electrons. The number of ether oxygens (including phenoxy) is 1. The summed E-state index contributed by atoms with van der Waals surface area (Å²) in [5.41, 5.74) is 0. The first-order chi connectivity index (χ1) is 33.5. The molecule has 3 N–H and O–H groups in total. The largest absolute Gasteiger partial charge is 0.466 e. The van der Waals surface area contributed by atoms with E-state index in [1.807, 2.05) is 0 Å². The van der Waals surface area contributed by atoms with Gasteiger partial charge >= 0.3 is 5.97 Å². The van der Waals surface area contributed by atoms with E-state index in [4.69, 9.17) is 4.74 Å². The maximum Gasteiger partial charge on any atom is 0.305 e. The van der Waals surface area contributed by atoms with E-state index >= 15 is 0 Å². The second-order valence-corrected chi connectivity index (χ2v) is 21.0. The molecule has 0 aromatic rings. The first kappa shape index (κ1) is 66.3. The molecule has 0 saturated carbocycles. The number of allylic oxidation sites excluding steroid dienone is 4. The third kappa shape index (κ3) is 53.7. The molecule has 6 heteroatoms. The second kappa shape index (κ2) is 57.9. The molecular formula is C62H119NO5. The van der Waals surface area contributed by atoms with Crippen molar-refractivity contribution < 1.29 is 24.5 Å². The van der Waals surface area contributed by atoms with Crippen LogP contribution in [0.5, 0.6) is 0 Å². The number of aliphatic hydroxyl groups excluding tert-OH is 2. The fourth-order valence-corrected chi connectivity index (χ4v) is 9.51. The standard InChI is InChI=1S/C62H119NO5/c1-3-5-7-9-11-13-15-17-26-30-34-38-42-46-50-54-60(65)59(58-64)63-61(66)55-51-47-43-39-35-31-28-24-22-20-19-21-23-25-29-33-37-41-45-49-53-57-68-62(67)56-52-48-44-40-36-32-27-18-16-14-12-10-8-6-4-2/h18,20,22,27,59-60,64-65H,3-17,19,21,23-26,28-58H2,1-2H3,(H,63,66)/b22-20-,27-18-. The van der Waals surface area contributed by atoms with Crippen LogP contribution in [0.25, 0.3) is 0 Å². The molecule has 6 nitrogen and oxygen atoms in total. The van der Waals surface area contributed by atoms with Gasteiger partial charge in [-0.1, -0.05) is 269 Å². The Balaban J connectivity index is 3.42. The Bertz CT molecular complexity index is 1060. The van der Waals surface area contributed by atoms with E-state index in [1.54, 1.807) is 0 Å². The molecule has 0 bridgehead atoms. The molecule has 402 valence electrons. The van der Waals surface area contributed by atoms with E-state index in [9.17, 15) is 19.8 Å². The highest BCUT2D eigenvalue weighted by Gasteiger charge is 2.20. The zero-order chi connectivity index (χ0) is 49.3. The van der Waals surface area contributed by atoms with Crippen LogP contribution in [0.4, 0.5) is 0 Å². The fraction of sp³-hybridized carbons (Fsp3) is 0.903. The van der Waals surface area contributed by atoms with Crippen molar-refractivity contribution in [1.82, 2.24) is 5.32 Å². The van der Waals surface area contributed by atoms with Crippen LogP contribution >= 0.6 is 0 Å². The smallest absolute Gasteiger partial charge is 0.305 e. The predicted molar refractivity (Wildman–Crippen MR) is 296 cm³/mol. The van der Waals surface area contributed by atoms with Crippen molar-refractivity contribution in [1.29, 1.82) is 0 Å². The Labute approximate surface area is 424 Å². The average Bonchev–Trinajstić information content (AvgIpc) is 3.34. The highest BCUT2D eigenvalue weighted by molar-refractivity contribution is 5.76. The van der Waals surface area contributed by atoms with E-state index in [1.165, 1.54) is 257 Å². The van der Waals surface area contributed by atoms with Gasteiger partial charge in [0.1, 0.15) is 0 Å². The van der Waals surface area contributed by atoms with Crippen LogP contribution in [0.2, 0.25) is 0 Å². The molecule has 0 aliphatic rings. The molecule has 1 amide bonds. The van der Waals surface area contributed by atoms with Gasteiger partial charge in [-0.2, -0.15) is 0 Å². The molecule has 2 atom stereocenters. The molecule has 0 heterocycles. The van der Waals surface area contributed by atoms with Crippen LogP contribution in [0.1, 0.15) is 335 Å². The highest BCUT2D eigenvalue weighted by atomic mass is 16.5. The summed E-state index contributed by atoms with van der Waals surface area (Å²) in [7, 11) is 0. The Morgan fingerprint density at radius 1 is 0.397 bits per heavy atom. The number of nitrogens with one attached hydrogen (secondary N) is 1. The van der Waals surface area contributed by atoms with Crippen molar-refractivity contribution in [3.05, 3.63) is 24.3 Å². The molecule has 0 aromatic heterocycles. The normalized spacial score (nSPS) is 12.7. The first-order valence-corrected chi connectivity index (χ1v) is 30.6. The van der Waals surface area contributed by atoms with Gasteiger partial charge in [-0.25, -0.2) is 0 Å². The van der Waals surface area contributed by atoms with Crippen molar-refractivity contribution in [2.75, 3.05) is 13.2 Å². The Hall–Kier alpha value is -1.66. The molecule has 0 fully saturated rings. The minimum Gasteiger partial charge on any atom is -0.466 e. The van der Waals surface area contributed by atoms with E-state index in [0.29, 0.717) is 25.9 Å². The van der Waals surface area contributed by atoms with Crippen LogP contribution in [0, 0.1) is 0 Å². The molecule has 0 rings (SSSR count). The van der Waals surface area contributed by atoms with Gasteiger partial charge in [0.15, 0.2) is 0 Å². The van der Waals surface area contributed by atoms with Crippen LogP contribution < -0.4 is 5.32 Å². The first-order valence-electron chi connectivity index (χ1n) is 30.6. The zero-order valence-corrected chi connectivity index (χ0v) is 45.9. The van der Waals surface area contributed by atoms with Crippen molar-refractivity contribution >= 4 is 11.9 Å². The number of carbonyl (C=O) groups excluding carboxylic acids is 2. The third-order valence-corrected chi connectivity index (χ3v) is 14.2. The summed E-state index contributed by atoms with van der Waals surface area (Å²) in [5, 5.41) is 23.3. The van der Waals surface area contributed by atoms with E-state index in [-0.39, 0.29) is 18.5 Å². The number of aliphatic hydroxyl groups is 2. The molecule has 2 unspecified atom stereocenters. The number of hydrogen-bond acceptors (Lipinski definition) is 5. The van der Waals surface area contributed by atoms with Crippen molar-refractivity contribution in [2.45, 2.75) is 347 Å². The quantitative estimate of drug-likeness (QED) is 0.0321. The topological polar surface area (TPSA) is 95.9 Å². The summed E-state index contributed by atoms with van der Waals surface area (Å²) in [4.78, 5) is 24.5. The summed E-state index contributed by atoms with van der Waals surface area (Å²) in [6.45, 7) is 4.95. The minimum absolute atomic E-state index is 0.000638. The summed E-state index contributed by atoms with van der Waals surface area (Å²) in [6, 6.07) is -0.547. The van der Waals surface area contributed by atoms with E-state index in [2.05, 4.69) is 43.5 Å². The number of hydrogen-bond donors (Lipinski definition) is 3. The van der Waals surface area contributed by atoms with Gasteiger partial charge in [-0.3, -0.25) is 9.59 Å². The number of rotatable bonds is 57. The fourth-order valence-electron chi connectivity index (χ4n) is 9.51. The highest BCUT2D eigenvalue weighted by Crippen LogP contribution is 2.17. The zero-order valence-electron chi connectivity index (χ0n) is 45.9. The third-order valence-electron chi connectivity index (χ3n) is 14.2. The van der Waals surface area contributed by atoms with Crippen LogP contribution in [-0.4, -0.2) is 47.4 Å². The summed E-state index contributed by atoms with van der Waals surface area (Å²) >= 11 is 0. The van der Waals surface area contributed by atoms with E-state index < -0.39 is 12.1 Å². The van der Waals surface area contributed by atoms with E-state index in [0.717, 1.165) is 44.9 Å². The molecule has 0 spiro atoms. The minimum atomic E-state index is -0.669. The lowest BCUT2D eigenvalue weighted by Gasteiger charge is -2.22. The lowest BCUT2D eigenvalue weighted by atomic mass is 10.0. The number of carbonyl (C=O) groups is 2. The van der Waals surface area contributed by atoms with Crippen LogP contribution in [0.15, 0.2) is 24.3 Å². The van der Waals surface area contributed by atoms with Gasteiger partial charge in [0.25, 0.3) is 0 Å². The molecule has 0 aliphatic heterocycles. The van der Waals surface area contributed by atoms with Gasteiger partial charge in [0.05, 0.1) is 25.4 Å². The Kier molecular flexibility index (Phi) is 56.5. The van der Waals surface area contributed by atoms with Gasteiger partial charge in [-0.05, 0) is 77.0 Å². The van der Waals surface area contributed by atoms with Gasteiger partial charge < -0.3 is 20.3 Å². The molecule has 0 aliphatic carbocycles. The van der Waals surface area contributed by atoms with Crippen molar-refractivity contribution in [2.24, 2.45) is 0 Å². The van der Waals surface area contributed by atoms with Gasteiger partial charge in [-0.15, -0.1) is 0 Å². The molecule has 0 aromatic carbocycles. The lowest BCUT2D eigenvalue weighted by Crippen LogP contribution is -2.45. The van der Waals surface area contributed by atoms with Crippen LogP contribution in [-0.2, 0) is 14.3 Å². The second-order valence-electron chi connectivity index (χ2n) is 21.0. The Morgan fingerprint density at radius 3 is 1.04 bits per heavy atom. The summed E-state index contributed by atoms with van der Waals surface area (Å²) < 4.78 is 5.48. The SMILES string of the molecule is CCCCCCCC/C=C\CCCCCCCC(=O)OCCCCCCCCCCCC/C=C\CCCCCCCCCC(=O)NC(CO)C(O)CCCCCCCCCCCCCCCCC. The summed E-state index contributed by atoms with van der Waals surface area (Å²) in [6.07, 6.45) is 70.3. The molecular weight excluding hydrogens is 839 g/mol. The van der Waals surface area contributed by atoms with Gasteiger partial charge in [0, 0.05) is 12.8 Å². The summed E-state index contributed by atoms with van der Waals surface area (Å²) in [5.74, 6) is -0.0406. The van der Waals surface area contributed by atoms with Crippen molar-refractivity contribution in [3.63, 3.8) is 0 Å². The Morgan fingerprint density at radius 2 is 0.691 bits per heavy atom. The monoisotopic (exact) mass is 958 g/mol. The van der Waals surface area contributed by atoms with Crippen LogP contribution in [0.3, 0.4) is 0 Å². The number of esters is 1. The molecule has 68 heavy (non-hydrogen) atoms. The molecule has 0 saturated heterocycles. The maximum absolute atomic E-state index is 12.5. The van der Waals surface area contributed by atoms with Crippen molar-refractivity contribution in [3.8, 4) is 0 Å². The maximum atomic E-state index is 12.5. The number of amides is 1. The van der Waals surface area contributed by atoms with Gasteiger partial charge in [0.2, 0.25) is 5.91 Å². The average molecular weight is 959 g/mol. The number of unbranched alkanes of at least 4 members (excludes halogenated alkanes) is 42. The lowest BCUT2D eigenvalue weighted by molar-refractivity contribution is -0.143. The predicted octanol–water partition coefficient (Wildman–Crippen LogP) is 19.0.